The van der Waals surface area contributed by atoms with Crippen LogP contribution in [0.5, 0.6) is 0 Å². The third-order valence-electron chi connectivity index (χ3n) is 4.58. The maximum absolute atomic E-state index is 12.3. The SMILES string of the molecule is Cn1cc(-c2ccncc2C=CC(=O)Nc2ccc3c(c2)CCC3=O)cn1. The molecule has 1 N–H and O–H groups in total. The Morgan fingerprint density at radius 2 is 2.07 bits per heavy atom. The Bertz CT molecular complexity index is 1070. The molecule has 6 heteroatoms. The van der Waals surface area contributed by atoms with E-state index in [1.807, 2.05) is 25.4 Å². The first-order valence-corrected chi connectivity index (χ1v) is 8.68. The van der Waals surface area contributed by atoms with E-state index in [4.69, 9.17) is 0 Å². The molecule has 6 nitrogen and oxygen atoms in total. The van der Waals surface area contributed by atoms with Crippen molar-refractivity contribution in [1.29, 1.82) is 0 Å². The second kappa shape index (κ2) is 6.99. The highest BCUT2D eigenvalue weighted by Gasteiger charge is 2.19. The zero-order chi connectivity index (χ0) is 18.8. The highest BCUT2D eigenvalue weighted by Crippen LogP contribution is 2.25. The van der Waals surface area contributed by atoms with E-state index in [-0.39, 0.29) is 11.7 Å². The van der Waals surface area contributed by atoms with Crippen molar-refractivity contribution in [2.75, 3.05) is 5.32 Å². The summed E-state index contributed by atoms with van der Waals surface area (Å²) in [4.78, 5) is 28.1. The van der Waals surface area contributed by atoms with Crippen molar-refractivity contribution >= 4 is 23.5 Å². The van der Waals surface area contributed by atoms with E-state index in [0.717, 1.165) is 34.2 Å². The summed E-state index contributed by atoms with van der Waals surface area (Å²) < 4.78 is 1.73. The smallest absolute Gasteiger partial charge is 0.248 e. The van der Waals surface area contributed by atoms with Gasteiger partial charge in [-0.05, 0) is 47.9 Å². The average molecular weight is 358 g/mol. The number of pyridine rings is 1. The first-order chi connectivity index (χ1) is 13.1. The highest BCUT2D eigenvalue weighted by atomic mass is 16.1. The average Bonchev–Trinajstić information content (AvgIpc) is 3.26. The van der Waals surface area contributed by atoms with Crippen molar-refractivity contribution in [3.63, 3.8) is 0 Å². The van der Waals surface area contributed by atoms with E-state index >= 15 is 0 Å². The Morgan fingerprint density at radius 1 is 1.19 bits per heavy atom. The molecule has 0 spiro atoms. The second-order valence-electron chi connectivity index (χ2n) is 6.48. The monoisotopic (exact) mass is 358 g/mol. The number of aromatic nitrogens is 3. The third kappa shape index (κ3) is 3.55. The Labute approximate surface area is 156 Å². The number of hydrogen-bond acceptors (Lipinski definition) is 4. The van der Waals surface area contributed by atoms with E-state index < -0.39 is 0 Å². The van der Waals surface area contributed by atoms with Crippen LogP contribution in [0.2, 0.25) is 0 Å². The molecule has 134 valence electrons. The quantitative estimate of drug-likeness (QED) is 0.726. The van der Waals surface area contributed by atoms with Crippen molar-refractivity contribution in [1.82, 2.24) is 14.8 Å². The summed E-state index contributed by atoms with van der Waals surface area (Å²) in [6, 6.07) is 7.31. The molecule has 27 heavy (non-hydrogen) atoms. The summed E-state index contributed by atoms with van der Waals surface area (Å²) in [6.07, 6.45) is 11.6. The van der Waals surface area contributed by atoms with Crippen LogP contribution in [0.25, 0.3) is 17.2 Å². The Balaban J connectivity index is 1.51. The first-order valence-electron chi connectivity index (χ1n) is 8.68. The molecule has 0 fully saturated rings. The summed E-state index contributed by atoms with van der Waals surface area (Å²) in [6.45, 7) is 0. The molecule has 4 rings (SSSR count). The summed E-state index contributed by atoms with van der Waals surface area (Å²) >= 11 is 0. The van der Waals surface area contributed by atoms with Crippen molar-refractivity contribution in [2.24, 2.45) is 7.05 Å². The van der Waals surface area contributed by atoms with Gasteiger partial charge in [-0.1, -0.05) is 0 Å². The number of rotatable bonds is 4. The number of carbonyl (C=O) groups is 2. The van der Waals surface area contributed by atoms with Crippen LogP contribution in [0.15, 0.2) is 55.1 Å². The van der Waals surface area contributed by atoms with Gasteiger partial charge in [-0.2, -0.15) is 5.10 Å². The second-order valence-corrected chi connectivity index (χ2v) is 6.48. The van der Waals surface area contributed by atoms with Gasteiger partial charge in [0.05, 0.1) is 6.20 Å². The van der Waals surface area contributed by atoms with Crippen LogP contribution in [0.1, 0.15) is 27.9 Å². The molecule has 0 aliphatic heterocycles. The summed E-state index contributed by atoms with van der Waals surface area (Å²) in [7, 11) is 1.86. The number of fused-ring (bicyclic) bond motifs is 1. The van der Waals surface area contributed by atoms with E-state index in [0.29, 0.717) is 12.1 Å². The number of aryl methyl sites for hydroxylation is 2. The summed E-state index contributed by atoms with van der Waals surface area (Å²) in [5.41, 5.74) is 5.20. The predicted octanol–water partition coefficient (Wildman–Crippen LogP) is 3.26. The molecule has 0 unspecified atom stereocenters. The van der Waals surface area contributed by atoms with Gasteiger partial charge in [0.2, 0.25) is 5.91 Å². The van der Waals surface area contributed by atoms with Gasteiger partial charge in [0.25, 0.3) is 0 Å². The molecule has 0 atom stereocenters. The lowest BCUT2D eigenvalue weighted by Gasteiger charge is -2.05. The minimum Gasteiger partial charge on any atom is -0.323 e. The lowest BCUT2D eigenvalue weighted by molar-refractivity contribution is -0.111. The Hall–Kier alpha value is -3.54. The molecule has 1 aromatic carbocycles. The number of ketones is 1. The summed E-state index contributed by atoms with van der Waals surface area (Å²) in [5, 5.41) is 7.03. The van der Waals surface area contributed by atoms with Crippen LogP contribution in [-0.4, -0.2) is 26.5 Å². The Kier molecular flexibility index (Phi) is 4.38. The molecule has 0 saturated carbocycles. The van der Waals surface area contributed by atoms with Gasteiger partial charge in [0.15, 0.2) is 5.78 Å². The maximum atomic E-state index is 12.3. The third-order valence-corrected chi connectivity index (χ3v) is 4.58. The molecule has 2 aromatic heterocycles. The molecule has 0 radical (unpaired) electrons. The highest BCUT2D eigenvalue weighted by molar-refractivity contribution is 6.04. The largest absolute Gasteiger partial charge is 0.323 e. The lowest BCUT2D eigenvalue weighted by atomic mass is 10.0. The topological polar surface area (TPSA) is 76.9 Å². The minimum absolute atomic E-state index is 0.169. The molecule has 2 heterocycles. The van der Waals surface area contributed by atoms with Crippen LogP contribution in [0.4, 0.5) is 5.69 Å². The van der Waals surface area contributed by atoms with E-state index in [1.165, 1.54) is 6.08 Å². The number of carbonyl (C=O) groups excluding carboxylic acids is 2. The number of anilines is 1. The van der Waals surface area contributed by atoms with Gasteiger partial charge in [0, 0.05) is 60.5 Å². The Morgan fingerprint density at radius 3 is 2.89 bits per heavy atom. The zero-order valence-electron chi connectivity index (χ0n) is 14.8. The zero-order valence-corrected chi connectivity index (χ0v) is 14.8. The number of Topliss-reactive ketones (excluding diaryl/α,β-unsaturated/α-hetero) is 1. The van der Waals surface area contributed by atoms with Gasteiger partial charge in [-0.3, -0.25) is 19.3 Å². The fraction of sp³-hybridized carbons (Fsp3) is 0.143. The van der Waals surface area contributed by atoms with Gasteiger partial charge in [0.1, 0.15) is 0 Å². The van der Waals surface area contributed by atoms with Crippen molar-refractivity contribution in [3.05, 3.63) is 71.8 Å². The first kappa shape index (κ1) is 16.9. The fourth-order valence-electron chi connectivity index (χ4n) is 3.25. The van der Waals surface area contributed by atoms with Crippen LogP contribution >= 0.6 is 0 Å². The molecular formula is C21H18N4O2. The minimum atomic E-state index is -0.236. The predicted molar refractivity (Wildman–Crippen MR) is 103 cm³/mol. The number of nitrogens with one attached hydrogen (secondary N) is 1. The van der Waals surface area contributed by atoms with Gasteiger partial charge in [-0.15, -0.1) is 0 Å². The molecule has 0 bridgehead atoms. The van der Waals surface area contributed by atoms with Gasteiger partial charge < -0.3 is 5.32 Å². The number of nitrogens with zero attached hydrogens (tertiary/aromatic N) is 3. The van der Waals surface area contributed by atoms with Crippen molar-refractivity contribution in [3.8, 4) is 11.1 Å². The van der Waals surface area contributed by atoms with E-state index in [1.54, 1.807) is 41.5 Å². The normalized spacial score (nSPS) is 13.1. The number of amides is 1. The molecule has 1 aliphatic carbocycles. The lowest BCUT2D eigenvalue weighted by Crippen LogP contribution is -2.08. The van der Waals surface area contributed by atoms with E-state index in [9.17, 15) is 9.59 Å². The fourth-order valence-corrected chi connectivity index (χ4v) is 3.25. The molecule has 1 aliphatic rings. The molecule has 3 aromatic rings. The number of benzene rings is 1. The van der Waals surface area contributed by atoms with Crippen LogP contribution in [0, 0.1) is 0 Å². The van der Waals surface area contributed by atoms with Gasteiger partial charge in [-0.25, -0.2) is 0 Å². The molecule has 0 saturated heterocycles. The van der Waals surface area contributed by atoms with Crippen molar-refractivity contribution < 1.29 is 9.59 Å². The molecule has 1 amide bonds. The standard InChI is InChI=1S/C21H18N4O2/c1-25-13-16(12-23-25)18-8-9-22-11-15(18)3-7-21(27)24-17-4-5-19-14(10-17)2-6-20(19)26/h3-5,7-13H,2,6H2,1H3,(H,24,27). The number of hydrogen-bond donors (Lipinski definition) is 1. The summed E-state index contributed by atoms with van der Waals surface area (Å²) in [5.74, 6) is -0.0671. The van der Waals surface area contributed by atoms with Crippen LogP contribution < -0.4 is 5.32 Å². The van der Waals surface area contributed by atoms with Crippen LogP contribution in [0.3, 0.4) is 0 Å². The molecular weight excluding hydrogens is 340 g/mol. The van der Waals surface area contributed by atoms with Crippen LogP contribution in [-0.2, 0) is 18.3 Å². The van der Waals surface area contributed by atoms with E-state index in [2.05, 4.69) is 15.4 Å². The maximum Gasteiger partial charge on any atom is 0.248 e. The van der Waals surface area contributed by atoms with Crippen molar-refractivity contribution in [2.45, 2.75) is 12.8 Å². The van der Waals surface area contributed by atoms with Gasteiger partial charge >= 0.3 is 0 Å².